The summed E-state index contributed by atoms with van der Waals surface area (Å²) in [4.78, 5) is 21.6. The van der Waals surface area contributed by atoms with Gasteiger partial charge in [-0.2, -0.15) is 0 Å². The molecule has 0 aliphatic carbocycles. The number of fused-ring (bicyclic) bond motifs is 1. The molecule has 128 valence electrons. The molecule has 0 fully saturated rings. The molecule has 25 heavy (non-hydrogen) atoms. The summed E-state index contributed by atoms with van der Waals surface area (Å²) in [6.07, 6.45) is 0.756. The predicted octanol–water partition coefficient (Wildman–Crippen LogP) is 4.56. The van der Waals surface area contributed by atoms with Gasteiger partial charge in [-0.3, -0.25) is 0 Å². The Morgan fingerprint density at radius 2 is 1.68 bits per heavy atom. The number of esters is 1. The maximum absolute atomic E-state index is 12.4. The van der Waals surface area contributed by atoms with Gasteiger partial charge in [0, 0.05) is 5.69 Å². The number of nitrogens with one attached hydrogen (secondary N) is 1. The fraction of sp³-hybridized carbons (Fsp3) is 0.250. The van der Waals surface area contributed by atoms with Crippen LogP contribution in [0.3, 0.4) is 0 Å². The summed E-state index contributed by atoms with van der Waals surface area (Å²) >= 11 is 0. The van der Waals surface area contributed by atoms with Crippen molar-refractivity contribution in [1.29, 1.82) is 0 Å². The van der Waals surface area contributed by atoms with Gasteiger partial charge in [-0.25, -0.2) is 14.8 Å². The van der Waals surface area contributed by atoms with Crippen LogP contribution in [0.2, 0.25) is 0 Å². The maximum Gasteiger partial charge on any atom is 0.360 e. The molecule has 3 rings (SSSR count). The third kappa shape index (κ3) is 3.76. The number of para-hydroxylation sites is 1. The molecule has 0 unspecified atom stereocenters. The van der Waals surface area contributed by atoms with Crippen LogP contribution in [-0.4, -0.2) is 22.5 Å². The van der Waals surface area contributed by atoms with Crippen molar-refractivity contribution in [3.63, 3.8) is 0 Å². The highest BCUT2D eigenvalue weighted by atomic mass is 16.5. The van der Waals surface area contributed by atoms with Gasteiger partial charge in [0.2, 0.25) is 0 Å². The Hall–Kier alpha value is -2.95. The Balaban J connectivity index is 2.09. The van der Waals surface area contributed by atoms with Crippen LogP contribution >= 0.6 is 0 Å². The number of carbonyl (C=O) groups excluding carboxylic acids is 1. The van der Waals surface area contributed by atoms with E-state index in [4.69, 9.17) is 4.74 Å². The van der Waals surface area contributed by atoms with Crippen molar-refractivity contribution in [2.75, 3.05) is 11.9 Å². The number of carbonyl (C=O) groups is 1. The quantitative estimate of drug-likeness (QED) is 0.693. The lowest BCUT2D eigenvalue weighted by molar-refractivity contribution is 0.0499. The summed E-state index contributed by atoms with van der Waals surface area (Å²) < 4.78 is 5.28. The van der Waals surface area contributed by atoms with Crippen LogP contribution in [0.15, 0.2) is 42.5 Å². The van der Waals surface area contributed by atoms with E-state index in [9.17, 15) is 4.79 Å². The SMILES string of the molecule is CCCOC(=O)c1nc2cc(C)c(C)cc2nc1Nc1ccccc1. The number of nitrogens with zero attached hydrogens (tertiary/aromatic N) is 2. The summed E-state index contributed by atoms with van der Waals surface area (Å²) in [5.74, 6) is -0.0593. The number of ether oxygens (including phenoxy) is 1. The minimum absolute atomic E-state index is 0.202. The molecule has 5 heteroatoms. The Labute approximate surface area is 147 Å². The van der Waals surface area contributed by atoms with Crippen molar-refractivity contribution >= 4 is 28.5 Å². The third-order valence-corrected chi connectivity index (χ3v) is 3.95. The van der Waals surface area contributed by atoms with Crippen molar-refractivity contribution in [2.24, 2.45) is 0 Å². The van der Waals surface area contributed by atoms with Gasteiger partial charge in [-0.15, -0.1) is 0 Å². The van der Waals surface area contributed by atoms with Gasteiger partial charge in [0.05, 0.1) is 17.6 Å². The second-order valence-electron chi connectivity index (χ2n) is 5.97. The second kappa shape index (κ2) is 7.30. The smallest absolute Gasteiger partial charge is 0.360 e. The van der Waals surface area contributed by atoms with Crippen molar-refractivity contribution in [2.45, 2.75) is 27.2 Å². The molecule has 0 bridgehead atoms. The number of aromatic nitrogens is 2. The molecule has 0 atom stereocenters. The lowest BCUT2D eigenvalue weighted by atomic mass is 10.1. The molecule has 0 amide bonds. The number of aryl methyl sites for hydroxylation is 2. The van der Waals surface area contributed by atoms with E-state index < -0.39 is 5.97 Å². The molecule has 0 aliphatic rings. The van der Waals surface area contributed by atoms with E-state index in [1.165, 1.54) is 0 Å². The zero-order chi connectivity index (χ0) is 17.8. The lowest BCUT2D eigenvalue weighted by Gasteiger charge is -2.12. The number of anilines is 2. The van der Waals surface area contributed by atoms with E-state index in [0.29, 0.717) is 17.9 Å². The summed E-state index contributed by atoms with van der Waals surface area (Å²) in [5.41, 5.74) is 4.71. The highest BCUT2D eigenvalue weighted by molar-refractivity contribution is 5.96. The number of hydrogen-bond acceptors (Lipinski definition) is 5. The molecule has 0 saturated heterocycles. The van der Waals surface area contributed by atoms with Gasteiger partial charge < -0.3 is 10.1 Å². The van der Waals surface area contributed by atoms with Crippen molar-refractivity contribution < 1.29 is 9.53 Å². The molecular formula is C20H21N3O2. The van der Waals surface area contributed by atoms with E-state index in [1.54, 1.807) is 0 Å². The zero-order valence-electron chi connectivity index (χ0n) is 14.7. The Morgan fingerprint density at radius 3 is 2.32 bits per heavy atom. The van der Waals surface area contributed by atoms with Gasteiger partial charge in [-0.1, -0.05) is 25.1 Å². The highest BCUT2D eigenvalue weighted by Crippen LogP contribution is 2.24. The lowest BCUT2D eigenvalue weighted by Crippen LogP contribution is -2.13. The minimum atomic E-state index is -0.465. The normalized spacial score (nSPS) is 10.7. The van der Waals surface area contributed by atoms with Gasteiger partial charge >= 0.3 is 5.97 Å². The molecule has 0 spiro atoms. The van der Waals surface area contributed by atoms with Crippen LogP contribution in [0.1, 0.15) is 35.0 Å². The average molecular weight is 335 g/mol. The van der Waals surface area contributed by atoms with E-state index in [2.05, 4.69) is 15.3 Å². The summed E-state index contributed by atoms with van der Waals surface area (Å²) in [6.45, 7) is 6.36. The average Bonchev–Trinajstić information content (AvgIpc) is 2.61. The maximum atomic E-state index is 12.4. The first-order valence-corrected chi connectivity index (χ1v) is 8.36. The molecule has 2 aromatic carbocycles. The Kier molecular flexibility index (Phi) is 4.93. The Morgan fingerprint density at radius 1 is 1.04 bits per heavy atom. The van der Waals surface area contributed by atoms with Crippen LogP contribution in [0, 0.1) is 13.8 Å². The van der Waals surface area contributed by atoms with Crippen LogP contribution in [0.4, 0.5) is 11.5 Å². The molecule has 3 aromatic rings. The van der Waals surface area contributed by atoms with Crippen LogP contribution in [0.5, 0.6) is 0 Å². The standard InChI is InChI=1S/C20H21N3O2/c1-4-10-25-20(24)18-19(21-15-8-6-5-7-9-15)23-17-12-14(3)13(2)11-16(17)22-18/h5-9,11-12H,4,10H2,1-3H3,(H,21,23). The molecule has 1 N–H and O–H groups in total. The largest absolute Gasteiger partial charge is 0.461 e. The minimum Gasteiger partial charge on any atom is -0.461 e. The molecule has 5 nitrogen and oxygen atoms in total. The van der Waals surface area contributed by atoms with Crippen molar-refractivity contribution in [3.8, 4) is 0 Å². The monoisotopic (exact) mass is 335 g/mol. The summed E-state index contributed by atoms with van der Waals surface area (Å²) in [7, 11) is 0. The Bertz CT molecular complexity index is 908. The van der Waals surface area contributed by atoms with Crippen LogP contribution in [0.25, 0.3) is 11.0 Å². The fourth-order valence-corrected chi connectivity index (χ4v) is 2.46. The number of hydrogen-bond donors (Lipinski definition) is 1. The van der Waals surface area contributed by atoms with Crippen molar-refractivity contribution in [1.82, 2.24) is 9.97 Å². The van der Waals surface area contributed by atoms with E-state index in [1.807, 2.05) is 63.2 Å². The van der Waals surface area contributed by atoms with Crippen LogP contribution in [-0.2, 0) is 4.74 Å². The first kappa shape index (κ1) is 16.9. The van der Waals surface area contributed by atoms with E-state index in [-0.39, 0.29) is 5.69 Å². The number of benzene rings is 2. The summed E-state index contributed by atoms with van der Waals surface area (Å²) in [5, 5.41) is 3.18. The van der Waals surface area contributed by atoms with E-state index in [0.717, 1.165) is 28.8 Å². The molecule has 0 aliphatic heterocycles. The van der Waals surface area contributed by atoms with Crippen LogP contribution < -0.4 is 5.32 Å². The fourth-order valence-electron chi connectivity index (χ4n) is 2.46. The van der Waals surface area contributed by atoms with Crippen molar-refractivity contribution in [3.05, 3.63) is 59.3 Å². The van der Waals surface area contributed by atoms with Gasteiger partial charge in [-0.05, 0) is 55.7 Å². The highest BCUT2D eigenvalue weighted by Gasteiger charge is 2.18. The molecule has 1 heterocycles. The molecule has 0 radical (unpaired) electrons. The second-order valence-corrected chi connectivity index (χ2v) is 5.97. The van der Waals surface area contributed by atoms with Gasteiger partial charge in [0.25, 0.3) is 0 Å². The topological polar surface area (TPSA) is 64.1 Å². The zero-order valence-corrected chi connectivity index (χ0v) is 14.7. The predicted molar refractivity (Wildman–Crippen MR) is 99.3 cm³/mol. The molecule has 1 aromatic heterocycles. The van der Waals surface area contributed by atoms with Gasteiger partial charge in [0.15, 0.2) is 11.5 Å². The van der Waals surface area contributed by atoms with E-state index >= 15 is 0 Å². The van der Waals surface area contributed by atoms with Gasteiger partial charge in [0.1, 0.15) is 0 Å². The first-order chi connectivity index (χ1) is 12.1. The molecular weight excluding hydrogens is 314 g/mol. The third-order valence-electron chi connectivity index (χ3n) is 3.95. The number of rotatable bonds is 5. The molecule has 0 saturated carbocycles. The summed E-state index contributed by atoms with van der Waals surface area (Å²) in [6, 6.07) is 13.5. The first-order valence-electron chi connectivity index (χ1n) is 8.36.